The van der Waals surface area contributed by atoms with E-state index in [9.17, 15) is 23.1 Å². The summed E-state index contributed by atoms with van der Waals surface area (Å²) in [4.78, 5) is 13.6. The van der Waals surface area contributed by atoms with Crippen LogP contribution in [-0.2, 0) is 6.18 Å². The summed E-state index contributed by atoms with van der Waals surface area (Å²) in [6.45, 7) is 0. The summed E-state index contributed by atoms with van der Waals surface area (Å²) >= 11 is 5.89. The minimum absolute atomic E-state index is 0.0790. The molecule has 0 fully saturated rings. The van der Waals surface area contributed by atoms with E-state index in [0.29, 0.717) is 5.56 Å². The maximum absolute atomic E-state index is 12.8. The van der Waals surface area contributed by atoms with Crippen molar-refractivity contribution in [1.82, 2.24) is 4.98 Å². The van der Waals surface area contributed by atoms with Gasteiger partial charge in [-0.25, -0.2) is 0 Å². The zero-order valence-electron chi connectivity index (χ0n) is 9.55. The van der Waals surface area contributed by atoms with Crippen LogP contribution in [0.15, 0.2) is 38.1 Å². The smallest absolute Gasteiger partial charge is 0.420 e. The molecule has 0 amide bonds. The molecule has 2 aromatic rings. The minimum atomic E-state index is -4.68. The van der Waals surface area contributed by atoms with Crippen LogP contribution in [0.4, 0.5) is 13.2 Å². The normalized spacial score (nSPS) is 11.7. The Labute approximate surface area is 127 Å². The third kappa shape index (κ3) is 2.90. The monoisotopic (exact) mass is 411 g/mol. The van der Waals surface area contributed by atoms with E-state index in [2.05, 4.69) is 36.8 Å². The molecule has 3 nitrogen and oxygen atoms in total. The van der Waals surface area contributed by atoms with Crippen LogP contribution in [0.3, 0.4) is 0 Å². The lowest BCUT2D eigenvalue weighted by atomic mass is 10.0. The molecular formula is C12H6Br2F3NO2. The summed E-state index contributed by atoms with van der Waals surface area (Å²) in [5.41, 5.74) is -0.950. The van der Waals surface area contributed by atoms with Gasteiger partial charge < -0.3 is 10.1 Å². The van der Waals surface area contributed by atoms with Crippen molar-refractivity contribution in [3.63, 3.8) is 0 Å². The van der Waals surface area contributed by atoms with Crippen molar-refractivity contribution < 1.29 is 18.3 Å². The Balaban J connectivity index is 2.66. The Morgan fingerprint density at radius 3 is 2.20 bits per heavy atom. The Bertz CT molecular complexity index is 726. The van der Waals surface area contributed by atoms with Crippen molar-refractivity contribution in [2.45, 2.75) is 6.18 Å². The third-order valence-corrected chi connectivity index (χ3v) is 3.75. The number of pyridine rings is 1. The second-order valence-electron chi connectivity index (χ2n) is 3.92. The first-order valence-electron chi connectivity index (χ1n) is 5.18. The molecule has 0 spiro atoms. The Hall–Kier alpha value is -1.28. The van der Waals surface area contributed by atoms with Crippen molar-refractivity contribution in [2.75, 3.05) is 0 Å². The molecule has 0 atom stereocenters. The van der Waals surface area contributed by atoms with Crippen molar-refractivity contribution in [2.24, 2.45) is 0 Å². The van der Waals surface area contributed by atoms with E-state index in [0.717, 1.165) is 6.07 Å². The Morgan fingerprint density at radius 2 is 1.65 bits per heavy atom. The van der Waals surface area contributed by atoms with E-state index in [4.69, 9.17) is 0 Å². The molecule has 8 heteroatoms. The van der Waals surface area contributed by atoms with E-state index in [1.165, 1.54) is 18.3 Å². The second kappa shape index (κ2) is 5.25. The Kier molecular flexibility index (Phi) is 3.97. The number of halogens is 5. The van der Waals surface area contributed by atoms with Gasteiger partial charge in [0.25, 0.3) is 5.56 Å². The number of rotatable bonds is 1. The number of aromatic amines is 1. The number of phenolic OH excluding ortho intramolecular Hbond substituents is 1. The van der Waals surface area contributed by atoms with Gasteiger partial charge in [0.1, 0.15) is 5.75 Å². The molecule has 0 aliphatic rings. The highest BCUT2D eigenvalue weighted by atomic mass is 79.9. The predicted molar refractivity (Wildman–Crippen MR) is 74.6 cm³/mol. The summed E-state index contributed by atoms with van der Waals surface area (Å²) in [6.07, 6.45) is -3.38. The molecule has 0 saturated heterocycles. The fourth-order valence-corrected chi connectivity index (χ4v) is 2.43. The molecule has 0 bridgehead atoms. The highest BCUT2D eigenvalue weighted by Gasteiger charge is 2.35. The first-order valence-corrected chi connectivity index (χ1v) is 6.77. The van der Waals surface area contributed by atoms with Crippen LogP contribution in [0.2, 0.25) is 0 Å². The highest BCUT2D eigenvalue weighted by Crippen LogP contribution is 2.42. The van der Waals surface area contributed by atoms with Gasteiger partial charge >= 0.3 is 6.18 Å². The van der Waals surface area contributed by atoms with Gasteiger partial charge in [0.15, 0.2) is 0 Å². The highest BCUT2D eigenvalue weighted by molar-refractivity contribution is 9.10. The van der Waals surface area contributed by atoms with Crippen LogP contribution in [0, 0.1) is 0 Å². The number of hydrogen-bond acceptors (Lipinski definition) is 2. The van der Waals surface area contributed by atoms with E-state index >= 15 is 0 Å². The van der Waals surface area contributed by atoms with Gasteiger partial charge in [-0.3, -0.25) is 4.79 Å². The van der Waals surface area contributed by atoms with E-state index in [1.54, 1.807) is 0 Å². The summed E-state index contributed by atoms with van der Waals surface area (Å²) < 4.78 is 38.6. The quantitative estimate of drug-likeness (QED) is 0.734. The minimum Gasteiger partial charge on any atom is -0.506 e. The van der Waals surface area contributed by atoms with Crippen LogP contribution >= 0.6 is 31.9 Å². The van der Waals surface area contributed by atoms with Crippen molar-refractivity contribution in [3.05, 3.63) is 49.3 Å². The van der Waals surface area contributed by atoms with Crippen molar-refractivity contribution in [3.8, 4) is 16.9 Å². The van der Waals surface area contributed by atoms with Crippen LogP contribution in [0.1, 0.15) is 5.56 Å². The summed E-state index contributed by atoms with van der Waals surface area (Å²) in [5, 5.41) is 9.47. The molecule has 0 aliphatic heterocycles. The maximum atomic E-state index is 12.8. The van der Waals surface area contributed by atoms with Gasteiger partial charge in [0.05, 0.1) is 14.5 Å². The number of hydrogen-bond donors (Lipinski definition) is 2. The lowest BCUT2D eigenvalue weighted by Gasteiger charge is -2.13. The van der Waals surface area contributed by atoms with Crippen LogP contribution in [-0.4, -0.2) is 10.1 Å². The van der Waals surface area contributed by atoms with E-state index in [1.807, 2.05) is 0 Å². The molecule has 2 N–H and O–H groups in total. The fourth-order valence-electron chi connectivity index (χ4n) is 1.60. The first-order chi connectivity index (χ1) is 9.20. The molecule has 1 heterocycles. The molecule has 0 saturated carbocycles. The number of alkyl halides is 3. The number of nitrogens with one attached hydrogen (secondary N) is 1. The molecule has 2 rings (SSSR count). The lowest BCUT2D eigenvalue weighted by Crippen LogP contribution is -2.07. The molecule has 0 aliphatic carbocycles. The van der Waals surface area contributed by atoms with Gasteiger partial charge in [-0.1, -0.05) is 0 Å². The molecule has 1 aromatic heterocycles. The van der Waals surface area contributed by atoms with Gasteiger partial charge in [0.2, 0.25) is 0 Å². The van der Waals surface area contributed by atoms with Crippen LogP contribution in [0.5, 0.6) is 5.75 Å². The van der Waals surface area contributed by atoms with Crippen molar-refractivity contribution in [1.29, 1.82) is 0 Å². The zero-order valence-corrected chi connectivity index (χ0v) is 12.7. The van der Waals surface area contributed by atoms with Gasteiger partial charge in [-0.15, -0.1) is 0 Å². The number of benzene rings is 1. The van der Waals surface area contributed by atoms with Gasteiger partial charge in [0, 0.05) is 6.20 Å². The lowest BCUT2D eigenvalue weighted by molar-refractivity contribution is -0.138. The molecule has 106 valence electrons. The third-order valence-electron chi connectivity index (χ3n) is 2.56. The number of aromatic nitrogens is 1. The number of H-pyrrole nitrogens is 1. The molecule has 1 aromatic carbocycles. The average Bonchev–Trinajstić information content (AvgIpc) is 2.34. The predicted octanol–water partition coefficient (Wildman–Crippen LogP) is 4.29. The fraction of sp³-hybridized carbons (Fsp3) is 0.0833. The number of phenols is 1. The Morgan fingerprint density at radius 1 is 1.05 bits per heavy atom. The molecule has 20 heavy (non-hydrogen) atoms. The zero-order chi connectivity index (χ0) is 15.1. The first kappa shape index (κ1) is 15.1. The van der Waals surface area contributed by atoms with Gasteiger partial charge in [-0.05, 0) is 61.2 Å². The largest absolute Gasteiger partial charge is 0.506 e. The molecule has 0 unspecified atom stereocenters. The van der Waals surface area contributed by atoms with Crippen LogP contribution < -0.4 is 5.56 Å². The number of aromatic hydroxyl groups is 1. The summed E-state index contributed by atoms with van der Waals surface area (Å²) in [6, 6.07) is 3.56. The molecular weight excluding hydrogens is 407 g/mol. The SMILES string of the molecule is O=c1[nH]cc(-c2cc(Br)c(O)c(C(F)(F)F)c2)cc1Br. The second-order valence-corrected chi connectivity index (χ2v) is 5.63. The van der Waals surface area contributed by atoms with Crippen molar-refractivity contribution >= 4 is 31.9 Å². The van der Waals surface area contributed by atoms with Crippen LogP contribution in [0.25, 0.3) is 11.1 Å². The van der Waals surface area contributed by atoms with E-state index < -0.39 is 17.5 Å². The molecule has 0 radical (unpaired) electrons. The topological polar surface area (TPSA) is 53.1 Å². The van der Waals surface area contributed by atoms with E-state index in [-0.39, 0.29) is 20.1 Å². The maximum Gasteiger partial charge on any atom is 0.420 e. The van der Waals surface area contributed by atoms with Gasteiger partial charge in [-0.2, -0.15) is 13.2 Å². The average molecular weight is 413 g/mol. The summed E-state index contributed by atoms with van der Waals surface area (Å²) in [5.74, 6) is -0.871. The standard InChI is InChI=1S/C12H6Br2F3NO2/c13-8-2-5(1-7(10(8)19)12(15,16)17)6-3-9(14)11(20)18-4-6/h1-4,19H,(H,18,20). The summed E-state index contributed by atoms with van der Waals surface area (Å²) in [7, 11) is 0.